The SMILES string of the molecule is Cc1ccc(/C=C/c2c(F)cccc2Cl)cc1. The molecule has 0 nitrogen and oxygen atoms in total. The summed E-state index contributed by atoms with van der Waals surface area (Å²) in [6.45, 7) is 2.03. The monoisotopic (exact) mass is 246 g/mol. The van der Waals surface area contributed by atoms with E-state index in [-0.39, 0.29) is 5.82 Å². The number of benzene rings is 2. The van der Waals surface area contributed by atoms with Crippen molar-refractivity contribution in [2.24, 2.45) is 0 Å². The van der Waals surface area contributed by atoms with Crippen LogP contribution in [0.3, 0.4) is 0 Å². The fourth-order valence-corrected chi connectivity index (χ4v) is 1.75. The summed E-state index contributed by atoms with van der Waals surface area (Å²) >= 11 is 5.93. The van der Waals surface area contributed by atoms with Crippen LogP contribution in [0.25, 0.3) is 12.2 Å². The van der Waals surface area contributed by atoms with Gasteiger partial charge in [0.1, 0.15) is 5.82 Å². The Morgan fingerprint density at radius 2 is 1.71 bits per heavy atom. The first-order chi connectivity index (χ1) is 8.16. The molecule has 0 unspecified atom stereocenters. The van der Waals surface area contributed by atoms with Gasteiger partial charge in [-0.3, -0.25) is 0 Å². The van der Waals surface area contributed by atoms with Gasteiger partial charge in [-0.25, -0.2) is 4.39 Å². The fraction of sp³-hybridized carbons (Fsp3) is 0.0667. The second-order valence-corrected chi connectivity index (χ2v) is 4.29. The Kier molecular flexibility index (Phi) is 3.60. The summed E-state index contributed by atoms with van der Waals surface area (Å²) in [6.07, 6.45) is 3.55. The molecule has 2 rings (SSSR count). The molecule has 0 saturated carbocycles. The summed E-state index contributed by atoms with van der Waals surface area (Å²) in [5, 5.41) is 0.424. The maximum absolute atomic E-state index is 13.5. The standard InChI is InChI=1S/C15H12ClF/c1-11-5-7-12(8-6-11)9-10-13-14(16)3-2-4-15(13)17/h2-10H,1H3/b10-9+. The zero-order valence-electron chi connectivity index (χ0n) is 9.45. The Hall–Kier alpha value is -1.60. The van der Waals surface area contributed by atoms with Crippen LogP contribution in [0.5, 0.6) is 0 Å². The van der Waals surface area contributed by atoms with Crippen molar-refractivity contribution in [1.29, 1.82) is 0 Å². The van der Waals surface area contributed by atoms with Gasteiger partial charge in [0, 0.05) is 5.56 Å². The van der Waals surface area contributed by atoms with E-state index in [1.807, 2.05) is 37.3 Å². The predicted octanol–water partition coefficient (Wildman–Crippen LogP) is 4.96. The number of aryl methyl sites for hydroxylation is 1. The molecule has 0 spiro atoms. The lowest BCUT2D eigenvalue weighted by molar-refractivity contribution is 0.625. The van der Waals surface area contributed by atoms with E-state index in [2.05, 4.69) is 0 Å². The van der Waals surface area contributed by atoms with Gasteiger partial charge in [0.25, 0.3) is 0 Å². The van der Waals surface area contributed by atoms with Gasteiger partial charge in [0.05, 0.1) is 5.02 Å². The van der Waals surface area contributed by atoms with E-state index in [4.69, 9.17) is 11.6 Å². The van der Waals surface area contributed by atoms with Crippen molar-refractivity contribution in [3.8, 4) is 0 Å². The molecule has 0 saturated heterocycles. The molecule has 2 aromatic rings. The van der Waals surface area contributed by atoms with Crippen LogP contribution in [0.4, 0.5) is 4.39 Å². The largest absolute Gasteiger partial charge is 0.206 e. The maximum atomic E-state index is 13.5. The van der Waals surface area contributed by atoms with E-state index in [1.54, 1.807) is 18.2 Å². The average Bonchev–Trinajstić information content (AvgIpc) is 2.31. The first-order valence-corrected chi connectivity index (χ1v) is 5.73. The quantitative estimate of drug-likeness (QED) is 0.657. The third-order valence-electron chi connectivity index (χ3n) is 2.52. The van der Waals surface area contributed by atoms with Crippen LogP contribution >= 0.6 is 11.6 Å². The summed E-state index contributed by atoms with van der Waals surface area (Å²) in [6, 6.07) is 12.7. The van der Waals surface area contributed by atoms with Gasteiger partial charge in [-0.2, -0.15) is 0 Å². The lowest BCUT2D eigenvalue weighted by Gasteiger charge is -2.00. The molecule has 0 aliphatic heterocycles. The van der Waals surface area contributed by atoms with Crippen molar-refractivity contribution in [3.05, 3.63) is 70.0 Å². The summed E-state index contributed by atoms with van der Waals surface area (Å²) in [4.78, 5) is 0. The minimum atomic E-state index is -0.305. The van der Waals surface area contributed by atoms with Gasteiger partial charge in [-0.1, -0.05) is 53.6 Å². The molecular weight excluding hydrogens is 235 g/mol. The Labute approximate surface area is 105 Å². The molecule has 0 N–H and O–H groups in total. The Bertz CT molecular complexity index is 521. The highest BCUT2D eigenvalue weighted by Crippen LogP contribution is 2.21. The lowest BCUT2D eigenvalue weighted by atomic mass is 10.1. The highest BCUT2D eigenvalue weighted by molar-refractivity contribution is 6.32. The van der Waals surface area contributed by atoms with Crippen LogP contribution in [0.1, 0.15) is 16.7 Å². The van der Waals surface area contributed by atoms with Gasteiger partial charge in [-0.15, -0.1) is 0 Å². The Morgan fingerprint density at radius 3 is 2.35 bits per heavy atom. The maximum Gasteiger partial charge on any atom is 0.131 e. The van der Waals surface area contributed by atoms with Crippen LogP contribution < -0.4 is 0 Å². The summed E-state index contributed by atoms with van der Waals surface area (Å²) in [7, 11) is 0. The van der Waals surface area contributed by atoms with Gasteiger partial charge in [0.15, 0.2) is 0 Å². The van der Waals surface area contributed by atoms with Crippen molar-refractivity contribution in [3.63, 3.8) is 0 Å². The van der Waals surface area contributed by atoms with E-state index >= 15 is 0 Å². The van der Waals surface area contributed by atoms with Gasteiger partial charge >= 0.3 is 0 Å². The van der Waals surface area contributed by atoms with E-state index in [1.165, 1.54) is 11.6 Å². The highest BCUT2D eigenvalue weighted by atomic mass is 35.5. The van der Waals surface area contributed by atoms with Crippen molar-refractivity contribution in [2.75, 3.05) is 0 Å². The van der Waals surface area contributed by atoms with E-state index in [0.717, 1.165) is 5.56 Å². The predicted molar refractivity (Wildman–Crippen MR) is 71.5 cm³/mol. The molecule has 0 radical (unpaired) electrons. The molecule has 2 heteroatoms. The molecule has 17 heavy (non-hydrogen) atoms. The zero-order chi connectivity index (χ0) is 12.3. The molecule has 0 atom stereocenters. The third kappa shape index (κ3) is 2.95. The minimum absolute atomic E-state index is 0.305. The molecule has 0 amide bonds. The van der Waals surface area contributed by atoms with Gasteiger partial charge in [0.2, 0.25) is 0 Å². The molecule has 0 heterocycles. The van der Waals surface area contributed by atoms with Crippen LogP contribution in [0, 0.1) is 12.7 Å². The third-order valence-corrected chi connectivity index (χ3v) is 2.85. The first kappa shape index (κ1) is 11.9. The second kappa shape index (κ2) is 5.15. The smallest absolute Gasteiger partial charge is 0.131 e. The van der Waals surface area contributed by atoms with Crippen LogP contribution in [-0.4, -0.2) is 0 Å². The van der Waals surface area contributed by atoms with Crippen LogP contribution in [0.15, 0.2) is 42.5 Å². The van der Waals surface area contributed by atoms with E-state index < -0.39 is 0 Å². The van der Waals surface area contributed by atoms with Crippen molar-refractivity contribution in [1.82, 2.24) is 0 Å². The summed E-state index contributed by atoms with van der Waals surface area (Å²) in [5.74, 6) is -0.305. The molecule has 0 bridgehead atoms. The van der Waals surface area contributed by atoms with Crippen molar-refractivity contribution < 1.29 is 4.39 Å². The summed E-state index contributed by atoms with van der Waals surface area (Å²) < 4.78 is 13.5. The second-order valence-electron chi connectivity index (χ2n) is 3.88. The van der Waals surface area contributed by atoms with Gasteiger partial charge in [-0.05, 0) is 30.7 Å². The number of hydrogen-bond acceptors (Lipinski definition) is 0. The van der Waals surface area contributed by atoms with E-state index in [0.29, 0.717) is 10.6 Å². The van der Waals surface area contributed by atoms with Crippen LogP contribution in [-0.2, 0) is 0 Å². The van der Waals surface area contributed by atoms with E-state index in [9.17, 15) is 4.39 Å². The van der Waals surface area contributed by atoms with Gasteiger partial charge < -0.3 is 0 Å². The Balaban J connectivity index is 2.29. The Morgan fingerprint density at radius 1 is 1.00 bits per heavy atom. The lowest BCUT2D eigenvalue weighted by Crippen LogP contribution is -1.82. The van der Waals surface area contributed by atoms with Crippen LogP contribution in [0.2, 0.25) is 5.02 Å². The summed E-state index contributed by atoms with van der Waals surface area (Å²) in [5.41, 5.74) is 2.65. The molecule has 2 aromatic carbocycles. The highest BCUT2D eigenvalue weighted by Gasteiger charge is 2.02. The molecule has 0 fully saturated rings. The number of hydrogen-bond donors (Lipinski definition) is 0. The van der Waals surface area contributed by atoms with Crippen molar-refractivity contribution >= 4 is 23.8 Å². The molecule has 0 aliphatic rings. The minimum Gasteiger partial charge on any atom is -0.206 e. The first-order valence-electron chi connectivity index (χ1n) is 5.35. The number of rotatable bonds is 2. The molecular formula is C15H12ClF. The molecule has 0 aliphatic carbocycles. The molecule has 0 aromatic heterocycles. The zero-order valence-corrected chi connectivity index (χ0v) is 10.2. The average molecular weight is 247 g/mol. The normalized spacial score (nSPS) is 11.0. The topological polar surface area (TPSA) is 0 Å². The number of halogens is 2. The molecule has 86 valence electrons. The van der Waals surface area contributed by atoms with Crippen molar-refractivity contribution in [2.45, 2.75) is 6.92 Å². The fourth-order valence-electron chi connectivity index (χ4n) is 1.53.